The minimum atomic E-state index is 0.286. The number of nitrogens with zero attached hydrogens (tertiary/aromatic N) is 1. The molecule has 0 saturated carbocycles. The maximum absolute atomic E-state index is 9.01. The first-order valence-electron chi connectivity index (χ1n) is 7.24. The van der Waals surface area contributed by atoms with Crippen LogP contribution in [0.15, 0.2) is 0 Å². The average molecular weight is 242 g/mol. The van der Waals surface area contributed by atoms with Crippen LogP contribution in [0, 0.1) is 11.8 Å². The van der Waals surface area contributed by atoms with Crippen molar-refractivity contribution in [3.8, 4) is 0 Å². The Labute approximate surface area is 107 Å². The molecule has 0 aromatic carbocycles. The van der Waals surface area contributed by atoms with E-state index in [1.165, 1.54) is 38.9 Å². The molecule has 1 heterocycles. The standard InChI is InChI=1S/C14H30N2O/c1-4-7-16-8-5-14(6-9-16)13(3)15-10-12(2)11-17/h12-15,17H,4-11H2,1-3H3. The number of aliphatic hydroxyl groups excluding tert-OH is 1. The molecule has 0 aromatic heterocycles. The van der Waals surface area contributed by atoms with E-state index in [0.717, 1.165) is 12.5 Å². The number of hydrogen-bond acceptors (Lipinski definition) is 3. The minimum absolute atomic E-state index is 0.286. The predicted octanol–water partition coefficient (Wildman–Crippen LogP) is 1.71. The summed E-state index contributed by atoms with van der Waals surface area (Å²) in [5, 5.41) is 12.6. The molecule has 0 spiro atoms. The monoisotopic (exact) mass is 242 g/mol. The molecule has 17 heavy (non-hydrogen) atoms. The molecule has 1 saturated heterocycles. The number of rotatable bonds is 7. The maximum Gasteiger partial charge on any atom is 0.0468 e. The van der Waals surface area contributed by atoms with Crippen molar-refractivity contribution in [2.24, 2.45) is 11.8 Å². The molecule has 102 valence electrons. The van der Waals surface area contributed by atoms with Gasteiger partial charge in [0.2, 0.25) is 0 Å². The molecule has 1 aliphatic heterocycles. The van der Waals surface area contributed by atoms with E-state index in [1.807, 2.05) is 0 Å². The lowest BCUT2D eigenvalue weighted by molar-refractivity contribution is 0.157. The zero-order valence-electron chi connectivity index (χ0n) is 11.8. The summed E-state index contributed by atoms with van der Waals surface area (Å²) in [6.07, 6.45) is 3.91. The molecule has 2 unspecified atom stereocenters. The Balaban J connectivity index is 2.19. The van der Waals surface area contributed by atoms with Gasteiger partial charge in [-0.15, -0.1) is 0 Å². The molecule has 2 atom stereocenters. The van der Waals surface area contributed by atoms with Gasteiger partial charge < -0.3 is 15.3 Å². The van der Waals surface area contributed by atoms with Crippen molar-refractivity contribution in [3.63, 3.8) is 0 Å². The van der Waals surface area contributed by atoms with Gasteiger partial charge in [0.25, 0.3) is 0 Å². The van der Waals surface area contributed by atoms with Crippen molar-refractivity contribution in [3.05, 3.63) is 0 Å². The van der Waals surface area contributed by atoms with Crippen LogP contribution in [-0.4, -0.2) is 48.8 Å². The third-order valence-corrected chi connectivity index (χ3v) is 3.98. The van der Waals surface area contributed by atoms with Gasteiger partial charge in [-0.1, -0.05) is 13.8 Å². The van der Waals surface area contributed by atoms with Crippen molar-refractivity contribution in [1.82, 2.24) is 10.2 Å². The van der Waals surface area contributed by atoms with Crippen LogP contribution in [0.5, 0.6) is 0 Å². The molecular formula is C14H30N2O. The van der Waals surface area contributed by atoms with Gasteiger partial charge in [0.1, 0.15) is 0 Å². The first-order chi connectivity index (χ1) is 8.17. The van der Waals surface area contributed by atoms with Gasteiger partial charge in [-0.2, -0.15) is 0 Å². The van der Waals surface area contributed by atoms with Crippen LogP contribution in [0.1, 0.15) is 40.0 Å². The highest BCUT2D eigenvalue weighted by atomic mass is 16.3. The topological polar surface area (TPSA) is 35.5 Å². The Bertz CT molecular complexity index is 191. The maximum atomic E-state index is 9.01. The quantitative estimate of drug-likeness (QED) is 0.713. The Morgan fingerprint density at radius 1 is 1.29 bits per heavy atom. The number of hydrogen-bond donors (Lipinski definition) is 2. The van der Waals surface area contributed by atoms with E-state index in [-0.39, 0.29) is 6.61 Å². The number of likely N-dealkylation sites (tertiary alicyclic amines) is 1. The molecular weight excluding hydrogens is 212 g/mol. The predicted molar refractivity (Wildman–Crippen MR) is 73.2 cm³/mol. The van der Waals surface area contributed by atoms with Crippen LogP contribution in [0.25, 0.3) is 0 Å². The van der Waals surface area contributed by atoms with Gasteiger partial charge in [0, 0.05) is 19.2 Å². The second kappa shape index (κ2) is 8.06. The van der Waals surface area contributed by atoms with Crippen molar-refractivity contribution < 1.29 is 5.11 Å². The van der Waals surface area contributed by atoms with Crippen molar-refractivity contribution in [1.29, 1.82) is 0 Å². The van der Waals surface area contributed by atoms with Crippen molar-refractivity contribution >= 4 is 0 Å². The Morgan fingerprint density at radius 3 is 2.47 bits per heavy atom. The smallest absolute Gasteiger partial charge is 0.0468 e. The van der Waals surface area contributed by atoms with E-state index in [4.69, 9.17) is 5.11 Å². The summed E-state index contributed by atoms with van der Waals surface area (Å²) in [4.78, 5) is 2.58. The van der Waals surface area contributed by atoms with E-state index in [2.05, 4.69) is 31.0 Å². The summed E-state index contributed by atoms with van der Waals surface area (Å²) in [6.45, 7) is 11.7. The molecule has 3 nitrogen and oxygen atoms in total. The van der Waals surface area contributed by atoms with E-state index in [9.17, 15) is 0 Å². The van der Waals surface area contributed by atoms with Crippen LogP contribution in [0.4, 0.5) is 0 Å². The lowest BCUT2D eigenvalue weighted by atomic mass is 9.90. The fourth-order valence-electron chi connectivity index (χ4n) is 2.61. The van der Waals surface area contributed by atoms with Crippen molar-refractivity contribution in [2.75, 3.05) is 32.8 Å². The third kappa shape index (κ3) is 5.36. The molecule has 0 aliphatic carbocycles. The Hall–Kier alpha value is -0.120. The lowest BCUT2D eigenvalue weighted by Crippen LogP contribution is -2.43. The second-order valence-corrected chi connectivity index (χ2v) is 5.66. The first kappa shape index (κ1) is 14.9. The highest BCUT2D eigenvalue weighted by Gasteiger charge is 2.23. The largest absolute Gasteiger partial charge is 0.396 e. The van der Waals surface area contributed by atoms with Gasteiger partial charge in [-0.05, 0) is 57.7 Å². The number of aliphatic hydroxyl groups is 1. The SMILES string of the molecule is CCCN1CCC(C(C)NCC(C)CO)CC1. The third-order valence-electron chi connectivity index (χ3n) is 3.98. The van der Waals surface area contributed by atoms with Gasteiger partial charge in [0.05, 0.1) is 0 Å². The Morgan fingerprint density at radius 2 is 1.94 bits per heavy atom. The van der Waals surface area contributed by atoms with Gasteiger partial charge >= 0.3 is 0 Å². The Kier molecular flexibility index (Phi) is 7.09. The van der Waals surface area contributed by atoms with E-state index in [0.29, 0.717) is 12.0 Å². The molecule has 1 aliphatic rings. The number of piperidine rings is 1. The molecule has 0 radical (unpaired) electrons. The lowest BCUT2D eigenvalue weighted by Gasteiger charge is -2.35. The summed E-state index contributed by atoms with van der Waals surface area (Å²) in [5.41, 5.74) is 0. The first-order valence-corrected chi connectivity index (χ1v) is 7.24. The second-order valence-electron chi connectivity index (χ2n) is 5.66. The zero-order chi connectivity index (χ0) is 12.7. The molecule has 3 heteroatoms. The highest BCUT2D eigenvalue weighted by molar-refractivity contribution is 4.79. The average Bonchev–Trinajstić information content (AvgIpc) is 2.36. The van der Waals surface area contributed by atoms with E-state index in [1.54, 1.807) is 0 Å². The molecule has 2 N–H and O–H groups in total. The summed E-state index contributed by atoms with van der Waals surface area (Å²) < 4.78 is 0. The fourth-order valence-corrected chi connectivity index (χ4v) is 2.61. The molecule has 0 amide bonds. The van der Waals surface area contributed by atoms with E-state index < -0.39 is 0 Å². The number of nitrogens with one attached hydrogen (secondary N) is 1. The van der Waals surface area contributed by atoms with Crippen LogP contribution in [0.3, 0.4) is 0 Å². The van der Waals surface area contributed by atoms with Crippen LogP contribution in [-0.2, 0) is 0 Å². The summed E-state index contributed by atoms with van der Waals surface area (Å²) in [5.74, 6) is 1.19. The van der Waals surface area contributed by atoms with Gasteiger partial charge in [-0.25, -0.2) is 0 Å². The highest BCUT2D eigenvalue weighted by Crippen LogP contribution is 2.20. The van der Waals surface area contributed by atoms with Crippen LogP contribution in [0.2, 0.25) is 0 Å². The van der Waals surface area contributed by atoms with Crippen LogP contribution >= 0.6 is 0 Å². The zero-order valence-corrected chi connectivity index (χ0v) is 11.8. The van der Waals surface area contributed by atoms with E-state index >= 15 is 0 Å². The molecule has 1 rings (SSSR count). The molecule has 0 aromatic rings. The fraction of sp³-hybridized carbons (Fsp3) is 1.00. The van der Waals surface area contributed by atoms with Crippen LogP contribution < -0.4 is 5.32 Å². The van der Waals surface area contributed by atoms with Gasteiger partial charge in [-0.3, -0.25) is 0 Å². The summed E-state index contributed by atoms with van der Waals surface area (Å²) in [7, 11) is 0. The van der Waals surface area contributed by atoms with Gasteiger partial charge in [0.15, 0.2) is 0 Å². The van der Waals surface area contributed by atoms with Crippen molar-refractivity contribution in [2.45, 2.75) is 46.1 Å². The molecule has 0 bridgehead atoms. The minimum Gasteiger partial charge on any atom is -0.396 e. The summed E-state index contributed by atoms with van der Waals surface area (Å²) in [6, 6.07) is 0.591. The normalized spacial score (nSPS) is 22.6. The molecule has 1 fully saturated rings. The summed E-state index contributed by atoms with van der Waals surface area (Å²) >= 11 is 0.